The monoisotopic (exact) mass is 406 g/mol. The maximum atomic E-state index is 13.9. The molecule has 0 fully saturated rings. The summed E-state index contributed by atoms with van der Waals surface area (Å²) in [5, 5.41) is 5.12. The minimum absolute atomic E-state index is 0.0872. The zero-order valence-electron chi connectivity index (χ0n) is 15.1. The molecule has 1 amide bonds. The summed E-state index contributed by atoms with van der Waals surface area (Å²) >= 11 is 0. The van der Waals surface area contributed by atoms with Gasteiger partial charge in [-0.05, 0) is 61.0 Å². The number of aryl methyl sites for hydroxylation is 1. The van der Waals surface area contributed by atoms with Crippen LogP contribution in [0.15, 0.2) is 60.7 Å². The molecule has 0 heterocycles. The zero-order chi connectivity index (χ0) is 21.2. The Balaban J connectivity index is 1.77. The van der Waals surface area contributed by atoms with Crippen LogP contribution in [-0.4, -0.2) is 5.91 Å². The summed E-state index contributed by atoms with van der Waals surface area (Å²) in [4.78, 5) is 12.3. The van der Waals surface area contributed by atoms with E-state index in [4.69, 9.17) is 0 Å². The molecule has 0 aliphatic rings. The number of halogens is 5. The van der Waals surface area contributed by atoms with Gasteiger partial charge in [0.2, 0.25) is 0 Å². The van der Waals surface area contributed by atoms with Crippen molar-refractivity contribution in [3.8, 4) is 0 Å². The Morgan fingerprint density at radius 3 is 2.17 bits per heavy atom. The lowest BCUT2D eigenvalue weighted by molar-refractivity contribution is -0.137. The first kappa shape index (κ1) is 20.3. The fourth-order valence-corrected chi connectivity index (χ4v) is 2.77. The van der Waals surface area contributed by atoms with Crippen LogP contribution in [0.25, 0.3) is 0 Å². The van der Waals surface area contributed by atoms with Gasteiger partial charge in [0.1, 0.15) is 11.6 Å². The molecular weight excluding hydrogens is 391 g/mol. The van der Waals surface area contributed by atoms with Crippen LogP contribution in [0.3, 0.4) is 0 Å². The number of hydrogen-bond acceptors (Lipinski definition) is 2. The largest absolute Gasteiger partial charge is 0.418 e. The highest BCUT2D eigenvalue weighted by molar-refractivity contribution is 6.05. The van der Waals surface area contributed by atoms with Crippen LogP contribution in [0.1, 0.15) is 21.5 Å². The number of benzene rings is 3. The summed E-state index contributed by atoms with van der Waals surface area (Å²) in [6.45, 7) is 1.60. The van der Waals surface area contributed by atoms with Gasteiger partial charge in [0.05, 0.1) is 16.8 Å². The molecule has 3 aromatic rings. The second-order valence-corrected chi connectivity index (χ2v) is 6.28. The van der Waals surface area contributed by atoms with E-state index in [2.05, 4.69) is 10.6 Å². The smallest absolute Gasteiger partial charge is 0.355 e. The molecule has 150 valence electrons. The van der Waals surface area contributed by atoms with E-state index in [0.29, 0.717) is 23.0 Å². The van der Waals surface area contributed by atoms with Crippen molar-refractivity contribution in [1.29, 1.82) is 0 Å². The zero-order valence-corrected chi connectivity index (χ0v) is 15.1. The van der Waals surface area contributed by atoms with Crippen LogP contribution in [0, 0.1) is 18.6 Å². The van der Waals surface area contributed by atoms with Crippen LogP contribution in [-0.2, 0) is 6.18 Å². The highest BCUT2D eigenvalue weighted by Crippen LogP contribution is 2.36. The molecule has 0 saturated carbocycles. The van der Waals surface area contributed by atoms with E-state index in [-0.39, 0.29) is 11.3 Å². The summed E-state index contributed by atoms with van der Waals surface area (Å²) in [6, 6.07) is 12.4. The van der Waals surface area contributed by atoms with Gasteiger partial charge in [-0.3, -0.25) is 4.79 Å². The molecule has 8 heteroatoms. The Kier molecular flexibility index (Phi) is 5.54. The number of anilines is 3. The van der Waals surface area contributed by atoms with Gasteiger partial charge in [0, 0.05) is 11.4 Å². The van der Waals surface area contributed by atoms with Crippen LogP contribution in [0.4, 0.5) is 39.0 Å². The van der Waals surface area contributed by atoms with Crippen molar-refractivity contribution in [2.75, 3.05) is 10.6 Å². The van der Waals surface area contributed by atoms with Crippen molar-refractivity contribution in [1.82, 2.24) is 0 Å². The van der Waals surface area contributed by atoms with Gasteiger partial charge in [-0.2, -0.15) is 13.2 Å². The Bertz CT molecular complexity index is 1030. The number of carbonyl (C=O) groups is 1. The molecule has 0 atom stereocenters. The molecule has 0 bridgehead atoms. The minimum atomic E-state index is -4.73. The average Bonchev–Trinajstić information content (AvgIpc) is 2.64. The van der Waals surface area contributed by atoms with Crippen molar-refractivity contribution in [3.05, 3.63) is 89.0 Å². The van der Waals surface area contributed by atoms with Gasteiger partial charge >= 0.3 is 6.18 Å². The van der Waals surface area contributed by atoms with Crippen LogP contribution >= 0.6 is 0 Å². The molecule has 0 aromatic heterocycles. The molecule has 0 radical (unpaired) electrons. The molecule has 0 unspecified atom stereocenters. The molecule has 29 heavy (non-hydrogen) atoms. The third-order valence-corrected chi connectivity index (χ3v) is 4.16. The maximum absolute atomic E-state index is 13.9. The third kappa shape index (κ3) is 4.71. The van der Waals surface area contributed by atoms with Gasteiger partial charge in [-0.1, -0.05) is 12.1 Å². The van der Waals surface area contributed by atoms with Gasteiger partial charge < -0.3 is 10.6 Å². The Labute approximate surface area is 163 Å². The van der Waals surface area contributed by atoms with Crippen LogP contribution < -0.4 is 10.6 Å². The molecule has 3 rings (SSSR count). The minimum Gasteiger partial charge on any atom is -0.355 e. The standard InChI is InChI=1S/C21H15F5N2O/c1-12-3-2-4-17(23)19(12)20(29)28-15-8-6-14(7-9-15)27-18-10-5-13(22)11-16(18)21(24,25)26/h2-11,27H,1H3,(H,28,29). The van der Waals surface area contributed by atoms with Crippen LogP contribution in [0.2, 0.25) is 0 Å². The number of rotatable bonds is 4. The quantitative estimate of drug-likeness (QED) is 0.500. The van der Waals surface area contributed by atoms with Crippen molar-refractivity contribution < 1.29 is 26.7 Å². The van der Waals surface area contributed by atoms with Crippen molar-refractivity contribution in [3.63, 3.8) is 0 Å². The first-order valence-corrected chi connectivity index (χ1v) is 8.45. The highest BCUT2D eigenvalue weighted by Gasteiger charge is 2.34. The number of carbonyl (C=O) groups excluding carboxylic acids is 1. The Hall–Kier alpha value is -3.42. The molecular formula is C21H15F5N2O. The van der Waals surface area contributed by atoms with E-state index >= 15 is 0 Å². The van der Waals surface area contributed by atoms with E-state index in [1.165, 1.54) is 36.4 Å². The van der Waals surface area contributed by atoms with E-state index < -0.39 is 29.3 Å². The van der Waals surface area contributed by atoms with Gasteiger partial charge in [-0.25, -0.2) is 8.78 Å². The molecule has 0 saturated heterocycles. The van der Waals surface area contributed by atoms with E-state index in [1.54, 1.807) is 13.0 Å². The van der Waals surface area contributed by atoms with E-state index in [1.807, 2.05) is 0 Å². The van der Waals surface area contributed by atoms with Crippen molar-refractivity contribution in [2.45, 2.75) is 13.1 Å². The molecule has 0 aliphatic carbocycles. The molecule has 2 N–H and O–H groups in total. The molecule has 0 aliphatic heterocycles. The first-order valence-electron chi connectivity index (χ1n) is 8.45. The van der Waals surface area contributed by atoms with Crippen molar-refractivity contribution >= 4 is 23.0 Å². The van der Waals surface area contributed by atoms with Gasteiger partial charge in [0.15, 0.2) is 0 Å². The lowest BCUT2D eigenvalue weighted by atomic mass is 10.1. The summed E-state index contributed by atoms with van der Waals surface area (Å²) in [5.74, 6) is -2.29. The molecule has 0 spiro atoms. The Morgan fingerprint density at radius 1 is 0.897 bits per heavy atom. The van der Waals surface area contributed by atoms with Crippen LogP contribution in [0.5, 0.6) is 0 Å². The first-order chi connectivity index (χ1) is 13.6. The van der Waals surface area contributed by atoms with E-state index in [9.17, 15) is 26.7 Å². The number of nitrogens with one attached hydrogen (secondary N) is 2. The molecule has 3 aromatic carbocycles. The predicted molar refractivity (Wildman–Crippen MR) is 100 cm³/mol. The molecule has 3 nitrogen and oxygen atoms in total. The van der Waals surface area contributed by atoms with Crippen molar-refractivity contribution in [2.24, 2.45) is 0 Å². The summed E-state index contributed by atoms with van der Waals surface area (Å²) < 4.78 is 66.3. The average molecular weight is 406 g/mol. The second-order valence-electron chi connectivity index (χ2n) is 6.28. The second kappa shape index (κ2) is 7.90. The fourth-order valence-electron chi connectivity index (χ4n) is 2.77. The van der Waals surface area contributed by atoms with Gasteiger partial charge in [-0.15, -0.1) is 0 Å². The summed E-state index contributed by atoms with van der Waals surface area (Å²) in [5.41, 5.74) is -0.435. The fraction of sp³-hybridized carbons (Fsp3) is 0.0952. The number of amides is 1. The summed E-state index contributed by atoms with van der Waals surface area (Å²) in [6.07, 6.45) is -4.73. The topological polar surface area (TPSA) is 41.1 Å². The lowest BCUT2D eigenvalue weighted by Gasteiger charge is -2.15. The SMILES string of the molecule is Cc1cccc(F)c1C(=O)Nc1ccc(Nc2ccc(F)cc2C(F)(F)F)cc1. The number of hydrogen-bond donors (Lipinski definition) is 2. The Morgan fingerprint density at radius 2 is 1.55 bits per heavy atom. The maximum Gasteiger partial charge on any atom is 0.418 e. The lowest BCUT2D eigenvalue weighted by Crippen LogP contribution is -2.15. The summed E-state index contributed by atoms with van der Waals surface area (Å²) in [7, 11) is 0. The van der Waals surface area contributed by atoms with E-state index in [0.717, 1.165) is 12.1 Å². The third-order valence-electron chi connectivity index (χ3n) is 4.16. The normalized spacial score (nSPS) is 11.2. The van der Waals surface area contributed by atoms with Gasteiger partial charge in [0.25, 0.3) is 5.91 Å². The highest BCUT2D eigenvalue weighted by atomic mass is 19.4. The predicted octanol–water partition coefficient (Wildman–Crippen LogP) is 6.29. The number of alkyl halides is 3.